The molecule has 2 aromatic carbocycles. The zero-order valence-corrected chi connectivity index (χ0v) is 16.0. The molecule has 1 aliphatic rings. The molecule has 8 nitrogen and oxygen atoms in total. The van der Waals surface area contributed by atoms with Crippen LogP contribution in [0.25, 0.3) is 5.69 Å². The van der Waals surface area contributed by atoms with Gasteiger partial charge in [0.05, 0.1) is 11.4 Å². The van der Waals surface area contributed by atoms with Gasteiger partial charge < -0.3 is 16.4 Å². The molecule has 1 aromatic heterocycles. The van der Waals surface area contributed by atoms with Crippen molar-refractivity contribution in [2.75, 3.05) is 16.4 Å². The number of rotatable bonds is 4. The second-order valence-corrected chi connectivity index (χ2v) is 7.51. The van der Waals surface area contributed by atoms with E-state index in [2.05, 4.69) is 15.7 Å². The van der Waals surface area contributed by atoms with Gasteiger partial charge in [-0.1, -0.05) is 0 Å². The monoisotopic (exact) mass is 407 g/mol. The summed E-state index contributed by atoms with van der Waals surface area (Å²) < 4.78 is 1.53. The Hall–Kier alpha value is -3.59. The molecule has 0 atom stereocenters. The van der Waals surface area contributed by atoms with Crippen molar-refractivity contribution in [3.05, 3.63) is 66.0 Å². The van der Waals surface area contributed by atoms with E-state index in [1.807, 2.05) is 6.07 Å². The standard InChI is InChI=1S/C20H17N5O3S/c21-19(27)15-7-9-25(24-15)14-4-2-13(3-5-14)22-20(28)12-1-6-17-16(11-12)23-18(26)8-10-29-17/h1-7,9,11H,8,10H2,(H2,21,27)(H,22,28)(H,23,26). The third-order valence-electron chi connectivity index (χ3n) is 4.33. The van der Waals surface area contributed by atoms with E-state index in [9.17, 15) is 14.4 Å². The topological polar surface area (TPSA) is 119 Å². The van der Waals surface area contributed by atoms with Crippen LogP contribution < -0.4 is 16.4 Å². The van der Waals surface area contributed by atoms with Crippen LogP contribution in [-0.4, -0.2) is 33.3 Å². The van der Waals surface area contributed by atoms with E-state index in [1.165, 1.54) is 10.7 Å². The maximum Gasteiger partial charge on any atom is 0.269 e. The smallest absolute Gasteiger partial charge is 0.269 e. The predicted molar refractivity (Wildman–Crippen MR) is 110 cm³/mol. The van der Waals surface area contributed by atoms with E-state index < -0.39 is 5.91 Å². The molecule has 1 aliphatic heterocycles. The summed E-state index contributed by atoms with van der Waals surface area (Å²) in [4.78, 5) is 36.5. The van der Waals surface area contributed by atoms with Crippen molar-refractivity contribution in [1.82, 2.24) is 9.78 Å². The quantitative estimate of drug-likeness (QED) is 0.614. The first kappa shape index (κ1) is 18.8. The molecule has 3 aromatic rings. The van der Waals surface area contributed by atoms with Gasteiger partial charge in [0.1, 0.15) is 5.69 Å². The van der Waals surface area contributed by atoms with Crippen molar-refractivity contribution in [1.29, 1.82) is 0 Å². The number of nitrogens with zero attached hydrogens (tertiary/aromatic N) is 2. The number of hydrogen-bond acceptors (Lipinski definition) is 5. The molecule has 0 fully saturated rings. The zero-order valence-electron chi connectivity index (χ0n) is 15.2. The summed E-state index contributed by atoms with van der Waals surface area (Å²) in [5, 5.41) is 9.76. The van der Waals surface area contributed by atoms with Crippen molar-refractivity contribution in [3.63, 3.8) is 0 Å². The minimum absolute atomic E-state index is 0.0532. The van der Waals surface area contributed by atoms with Gasteiger partial charge in [-0.3, -0.25) is 14.4 Å². The van der Waals surface area contributed by atoms with Crippen LogP contribution in [-0.2, 0) is 4.79 Å². The molecule has 0 bridgehead atoms. The molecule has 3 amide bonds. The number of hydrogen-bond donors (Lipinski definition) is 3. The van der Waals surface area contributed by atoms with Gasteiger partial charge in [-0.25, -0.2) is 4.68 Å². The lowest BCUT2D eigenvalue weighted by Gasteiger charge is -2.10. The molecule has 146 valence electrons. The van der Waals surface area contributed by atoms with Gasteiger partial charge in [-0.05, 0) is 48.5 Å². The van der Waals surface area contributed by atoms with Crippen LogP contribution in [0.5, 0.6) is 0 Å². The molecule has 0 saturated carbocycles. The lowest BCUT2D eigenvalue weighted by Crippen LogP contribution is -2.14. The molecule has 0 unspecified atom stereocenters. The van der Waals surface area contributed by atoms with Crippen molar-refractivity contribution in [2.24, 2.45) is 5.73 Å². The van der Waals surface area contributed by atoms with Crippen LogP contribution in [0.4, 0.5) is 11.4 Å². The van der Waals surface area contributed by atoms with Crippen LogP contribution in [0.2, 0.25) is 0 Å². The first-order valence-electron chi connectivity index (χ1n) is 8.83. The summed E-state index contributed by atoms with van der Waals surface area (Å²) in [7, 11) is 0. The molecule has 0 saturated heterocycles. The molecule has 4 rings (SSSR count). The Morgan fingerprint density at radius 1 is 1.14 bits per heavy atom. The van der Waals surface area contributed by atoms with Gasteiger partial charge in [0.15, 0.2) is 0 Å². The Morgan fingerprint density at radius 3 is 2.66 bits per heavy atom. The van der Waals surface area contributed by atoms with Crippen LogP contribution in [0.3, 0.4) is 0 Å². The van der Waals surface area contributed by atoms with Crippen LogP contribution in [0.15, 0.2) is 59.6 Å². The van der Waals surface area contributed by atoms with Gasteiger partial charge in [-0.2, -0.15) is 5.10 Å². The van der Waals surface area contributed by atoms with Crippen LogP contribution in [0, 0.1) is 0 Å². The molecule has 4 N–H and O–H groups in total. The summed E-state index contributed by atoms with van der Waals surface area (Å²) >= 11 is 1.59. The number of nitrogens with two attached hydrogens (primary N) is 1. The second-order valence-electron chi connectivity index (χ2n) is 6.37. The van der Waals surface area contributed by atoms with Crippen molar-refractivity contribution >= 4 is 40.9 Å². The third-order valence-corrected chi connectivity index (χ3v) is 5.41. The number of carbonyl (C=O) groups excluding carboxylic acids is 3. The molecule has 29 heavy (non-hydrogen) atoms. The maximum absolute atomic E-state index is 12.6. The van der Waals surface area contributed by atoms with Gasteiger partial charge in [0.2, 0.25) is 5.91 Å². The number of thioether (sulfide) groups is 1. The number of carbonyl (C=O) groups is 3. The highest BCUT2D eigenvalue weighted by Crippen LogP contribution is 2.31. The number of nitrogens with one attached hydrogen (secondary N) is 2. The van der Waals surface area contributed by atoms with Gasteiger partial charge >= 0.3 is 0 Å². The van der Waals surface area contributed by atoms with Crippen LogP contribution in [0.1, 0.15) is 27.3 Å². The first-order chi connectivity index (χ1) is 14.0. The highest BCUT2D eigenvalue weighted by Gasteiger charge is 2.16. The second kappa shape index (κ2) is 7.80. The molecular weight excluding hydrogens is 390 g/mol. The summed E-state index contributed by atoms with van der Waals surface area (Å²) in [6, 6.07) is 13.8. The predicted octanol–water partition coefficient (Wildman–Crippen LogP) is 2.66. The fourth-order valence-electron chi connectivity index (χ4n) is 2.86. The highest BCUT2D eigenvalue weighted by molar-refractivity contribution is 7.99. The Morgan fingerprint density at radius 2 is 1.93 bits per heavy atom. The minimum atomic E-state index is -0.594. The summed E-state index contributed by atoms with van der Waals surface area (Å²) in [5.74, 6) is -0.210. The van der Waals surface area contributed by atoms with E-state index in [1.54, 1.807) is 54.4 Å². The first-order valence-corrected chi connectivity index (χ1v) is 9.82. The van der Waals surface area contributed by atoms with Gasteiger partial charge in [0.25, 0.3) is 11.8 Å². The number of aromatic nitrogens is 2. The Balaban J connectivity index is 1.48. The zero-order chi connectivity index (χ0) is 20.4. The number of benzene rings is 2. The van der Waals surface area contributed by atoms with Crippen LogP contribution >= 0.6 is 11.8 Å². The highest BCUT2D eigenvalue weighted by atomic mass is 32.2. The SMILES string of the molecule is NC(=O)c1ccn(-c2ccc(NC(=O)c3ccc4c(c3)NC(=O)CCS4)cc2)n1. The lowest BCUT2D eigenvalue weighted by molar-refractivity contribution is -0.115. The average Bonchev–Trinajstić information content (AvgIpc) is 3.12. The van der Waals surface area contributed by atoms with Crippen molar-refractivity contribution in [2.45, 2.75) is 11.3 Å². The Labute approximate surface area is 170 Å². The fraction of sp³-hybridized carbons (Fsp3) is 0.100. The molecule has 9 heteroatoms. The largest absolute Gasteiger partial charge is 0.364 e. The lowest BCUT2D eigenvalue weighted by atomic mass is 10.1. The summed E-state index contributed by atoms with van der Waals surface area (Å²) in [6.45, 7) is 0. The number of primary amides is 1. The summed E-state index contributed by atoms with van der Waals surface area (Å²) in [5.41, 5.74) is 7.83. The number of fused-ring (bicyclic) bond motifs is 1. The fourth-order valence-corrected chi connectivity index (χ4v) is 3.80. The van der Waals surface area contributed by atoms with E-state index in [4.69, 9.17) is 5.73 Å². The van der Waals surface area contributed by atoms with E-state index in [0.717, 1.165) is 10.6 Å². The number of amides is 3. The molecular formula is C20H17N5O3S. The Kier molecular flexibility index (Phi) is 5.05. The van der Waals surface area contributed by atoms with Gasteiger partial charge in [-0.15, -0.1) is 11.8 Å². The Bertz CT molecular complexity index is 1110. The average molecular weight is 407 g/mol. The van der Waals surface area contributed by atoms with Crippen molar-refractivity contribution in [3.8, 4) is 5.69 Å². The number of anilines is 2. The maximum atomic E-state index is 12.6. The van der Waals surface area contributed by atoms with E-state index >= 15 is 0 Å². The molecule has 2 heterocycles. The molecule has 0 radical (unpaired) electrons. The molecule has 0 spiro atoms. The van der Waals surface area contributed by atoms with Crippen molar-refractivity contribution < 1.29 is 14.4 Å². The van der Waals surface area contributed by atoms with E-state index in [-0.39, 0.29) is 17.5 Å². The minimum Gasteiger partial charge on any atom is -0.364 e. The van der Waals surface area contributed by atoms with E-state index in [0.29, 0.717) is 29.1 Å². The third kappa shape index (κ3) is 4.14. The normalized spacial score (nSPS) is 13.2. The van der Waals surface area contributed by atoms with Gasteiger partial charge in [0, 0.05) is 34.5 Å². The summed E-state index contributed by atoms with van der Waals surface area (Å²) in [6.07, 6.45) is 2.08. The molecule has 0 aliphatic carbocycles.